The van der Waals surface area contributed by atoms with Crippen LogP contribution in [0, 0.1) is 18.7 Å². The van der Waals surface area contributed by atoms with Crippen LogP contribution in [0.1, 0.15) is 25.0 Å². The van der Waals surface area contributed by atoms with Gasteiger partial charge in [-0.15, -0.1) is 0 Å². The van der Waals surface area contributed by atoms with E-state index < -0.39 is 0 Å². The highest BCUT2D eigenvalue weighted by Crippen LogP contribution is 2.10. The predicted octanol–water partition coefficient (Wildman–Crippen LogP) is 2.24. The Morgan fingerprint density at radius 1 is 1.38 bits per heavy atom. The Morgan fingerprint density at radius 2 is 2.06 bits per heavy atom. The molecule has 2 nitrogen and oxygen atoms in total. The van der Waals surface area contributed by atoms with Gasteiger partial charge in [0, 0.05) is 18.2 Å². The SMILES string of the molecule is Cc1ccc(F)c(CN[C@H](CO)C(C)C)c1. The number of rotatable bonds is 5. The van der Waals surface area contributed by atoms with Crippen LogP contribution in [0.2, 0.25) is 0 Å². The van der Waals surface area contributed by atoms with Gasteiger partial charge < -0.3 is 10.4 Å². The molecule has 0 fully saturated rings. The lowest BCUT2D eigenvalue weighted by Gasteiger charge is -2.20. The minimum atomic E-state index is -0.196. The Hall–Kier alpha value is -0.930. The van der Waals surface area contributed by atoms with E-state index in [2.05, 4.69) is 5.32 Å². The molecule has 0 aliphatic heterocycles. The molecule has 16 heavy (non-hydrogen) atoms. The van der Waals surface area contributed by atoms with Gasteiger partial charge in [0.1, 0.15) is 5.82 Å². The maximum Gasteiger partial charge on any atom is 0.127 e. The fourth-order valence-electron chi connectivity index (χ4n) is 1.59. The average Bonchev–Trinajstić information content (AvgIpc) is 2.23. The molecule has 0 unspecified atom stereocenters. The molecule has 0 amide bonds. The summed E-state index contributed by atoms with van der Waals surface area (Å²) in [5.74, 6) is 0.136. The lowest BCUT2D eigenvalue weighted by Crippen LogP contribution is -2.36. The topological polar surface area (TPSA) is 32.3 Å². The molecule has 1 aromatic rings. The van der Waals surface area contributed by atoms with Crippen molar-refractivity contribution < 1.29 is 9.50 Å². The zero-order valence-corrected chi connectivity index (χ0v) is 10.1. The van der Waals surface area contributed by atoms with Crippen LogP contribution in [0.4, 0.5) is 4.39 Å². The van der Waals surface area contributed by atoms with Crippen molar-refractivity contribution in [2.45, 2.75) is 33.4 Å². The molecule has 0 spiro atoms. The first-order valence-electron chi connectivity index (χ1n) is 5.64. The van der Waals surface area contributed by atoms with E-state index in [9.17, 15) is 4.39 Å². The molecule has 90 valence electrons. The Morgan fingerprint density at radius 3 is 2.62 bits per heavy atom. The van der Waals surface area contributed by atoms with Crippen LogP contribution in [-0.4, -0.2) is 17.8 Å². The van der Waals surface area contributed by atoms with Crippen molar-refractivity contribution in [2.75, 3.05) is 6.61 Å². The summed E-state index contributed by atoms with van der Waals surface area (Å²) in [6.07, 6.45) is 0. The highest BCUT2D eigenvalue weighted by molar-refractivity contribution is 5.23. The third-order valence-electron chi connectivity index (χ3n) is 2.76. The van der Waals surface area contributed by atoms with Crippen molar-refractivity contribution in [3.05, 3.63) is 35.1 Å². The molecule has 0 aromatic heterocycles. The first kappa shape index (κ1) is 13.1. The van der Waals surface area contributed by atoms with Crippen LogP contribution in [0.5, 0.6) is 0 Å². The maximum absolute atomic E-state index is 13.4. The Bertz CT molecular complexity index is 339. The first-order chi connectivity index (χ1) is 7.54. The number of benzene rings is 1. The smallest absolute Gasteiger partial charge is 0.127 e. The summed E-state index contributed by atoms with van der Waals surface area (Å²) in [7, 11) is 0. The van der Waals surface area contributed by atoms with Crippen molar-refractivity contribution in [3.8, 4) is 0 Å². The van der Waals surface area contributed by atoms with Gasteiger partial charge in [0.05, 0.1) is 6.61 Å². The summed E-state index contributed by atoms with van der Waals surface area (Å²) >= 11 is 0. The molecule has 2 N–H and O–H groups in total. The molecule has 1 atom stereocenters. The normalized spacial score (nSPS) is 13.1. The molecule has 0 aliphatic carbocycles. The van der Waals surface area contributed by atoms with E-state index in [1.165, 1.54) is 6.07 Å². The van der Waals surface area contributed by atoms with Gasteiger partial charge in [0.15, 0.2) is 0 Å². The van der Waals surface area contributed by atoms with E-state index in [1.807, 2.05) is 26.8 Å². The molecule has 0 radical (unpaired) electrons. The van der Waals surface area contributed by atoms with E-state index in [0.717, 1.165) is 5.56 Å². The van der Waals surface area contributed by atoms with Gasteiger partial charge in [0.2, 0.25) is 0 Å². The number of aryl methyl sites for hydroxylation is 1. The Labute approximate surface area is 96.5 Å². The van der Waals surface area contributed by atoms with Crippen molar-refractivity contribution in [3.63, 3.8) is 0 Å². The number of aliphatic hydroxyl groups is 1. The van der Waals surface area contributed by atoms with Crippen LogP contribution in [0.3, 0.4) is 0 Å². The van der Waals surface area contributed by atoms with Crippen LogP contribution in [-0.2, 0) is 6.54 Å². The second-order valence-electron chi connectivity index (χ2n) is 4.51. The molecular formula is C13H20FNO. The minimum Gasteiger partial charge on any atom is -0.395 e. The summed E-state index contributed by atoms with van der Waals surface area (Å²) in [5, 5.41) is 12.3. The van der Waals surface area contributed by atoms with Crippen molar-refractivity contribution in [2.24, 2.45) is 5.92 Å². The van der Waals surface area contributed by atoms with Gasteiger partial charge in [-0.1, -0.05) is 31.5 Å². The zero-order chi connectivity index (χ0) is 12.1. The lowest BCUT2D eigenvalue weighted by atomic mass is 10.0. The molecule has 0 bridgehead atoms. The summed E-state index contributed by atoms with van der Waals surface area (Å²) in [6, 6.07) is 5.08. The summed E-state index contributed by atoms with van der Waals surface area (Å²) in [4.78, 5) is 0. The van der Waals surface area contributed by atoms with Crippen LogP contribution in [0.25, 0.3) is 0 Å². The number of hydrogen-bond donors (Lipinski definition) is 2. The monoisotopic (exact) mass is 225 g/mol. The molecule has 0 aliphatic rings. The summed E-state index contributed by atoms with van der Waals surface area (Å²) in [6.45, 7) is 6.53. The van der Waals surface area contributed by atoms with Crippen LogP contribution >= 0.6 is 0 Å². The highest BCUT2D eigenvalue weighted by Gasteiger charge is 2.12. The fraction of sp³-hybridized carbons (Fsp3) is 0.538. The molecule has 0 heterocycles. The van der Waals surface area contributed by atoms with E-state index in [1.54, 1.807) is 6.07 Å². The van der Waals surface area contributed by atoms with Crippen LogP contribution in [0.15, 0.2) is 18.2 Å². The zero-order valence-electron chi connectivity index (χ0n) is 10.1. The van der Waals surface area contributed by atoms with Crippen molar-refractivity contribution in [1.82, 2.24) is 5.32 Å². The van der Waals surface area contributed by atoms with Gasteiger partial charge in [-0.25, -0.2) is 4.39 Å². The van der Waals surface area contributed by atoms with Crippen LogP contribution < -0.4 is 5.32 Å². The first-order valence-corrected chi connectivity index (χ1v) is 5.64. The number of hydrogen-bond acceptors (Lipinski definition) is 2. The van der Waals surface area contributed by atoms with E-state index >= 15 is 0 Å². The van der Waals surface area contributed by atoms with Gasteiger partial charge in [-0.05, 0) is 18.9 Å². The number of aliphatic hydroxyl groups excluding tert-OH is 1. The minimum absolute atomic E-state index is 0.0138. The molecule has 0 saturated carbocycles. The summed E-state index contributed by atoms with van der Waals surface area (Å²) < 4.78 is 13.4. The third kappa shape index (κ3) is 3.58. The second-order valence-corrected chi connectivity index (χ2v) is 4.51. The van der Waals surface area contributed by atoms with Crippen molar-refractivity contribution in [1.29, 1.82) is 0 Å². The van der Waals surface area contributed by atoms with Gasteiger partial charge in [-0.2, -0.15) is 0 Å². The van der Waals surface area contributed by atoms with Gasteiger partial charge in [-0.3, -0.25) is 0 Å². The predicted molar refractivity (Wildman–Crippen MR) is 63.7 cm³/mol. The average molecular weight is 225 g/mol. The van der Waals surface area contributed by atoms with Gasteiger partial charge >= 0.3 is 0 Å². The van der Waals surface area contributed by atoms with E-state index in [-0.39, 0.29) is 18.5 Å². The van der Waals surface area contributed by atoms with E-state index in [0.29, 0.717) is 18.0 Å². The highest BCUT2D eigenvalue weighted by atomic mass is 19.1. The molecule has 1 rings (SSSR count). The van der Waals surface area contributed by atoms with Gasteiger partial charge in [0.25, 0.3) is 0 Å². The Balaban J connectivity index is 2.63. The lowest BCUT2D eigenvalue weighted by molar-refractivity contribution is 0.209. The largest absolute Gasteiger partial charge is 0.395 e. The quantitative estimate of drug-likeness (QED) is 0.805. The summed E-state index contributed by atoms with van der Waals surface area (Å²) in [5.41, 5.74) is 1.70. The molecule has 1 aromatic carbocycles. The number of halogens is 1. The standard InChI is InChI=1S/C13H20FNO/c1-9(2)13(8-16)15-7-11-6-10(3)4-5-12(11)14/h4-6,9,13,15-16H,7-8H2,1-3H3/t13-/m1/s1. The second kappa shape index (κ2) is 5.97. The number of nitrogens with one attached hydrogen (secondary N) is 1. The maximum atomic E-state index is 13.4. The third-order valence-corrected chi connectivity index (χ3v) is 2.76. The molecular weight excluding hydrogens is 205 g/mol. The molecule has 3 heteroatoms. The van der Waals surface area contributed by atoms with Crippen molar-refractivity contribution >= 4 is 0 Å². The fourth-order valence-corrected chi connectivity index (χ4v) is 1.59. The Kier molecular flexibility index (Phi) is 4.90. The molecule has 0 saturated heterocycles. The van der Waals surface area contributed by atoms with E-state index in [4.69, 9.17) is 5.11 Å².